The molecule has 0 spiro atoms. The predicted molar refractivity (Wildman–Crippen MR) is 118 cm³/mol. The minimum atomic E-state index is -0.0571. The first kappa shape index (κ1) is 24.1. The van der Waals surface area contributed by atoms with Crippen LogP contribution in [-0.2, 0) is 11.2 Å². The monoisotopic (exact) mass is 399 g/mol. The number of nitrogen functional groups attached to an aromatic ring is 1. The normalized spacial score (nSPS) is 14.4. The van der Waals surface area contributed by atoms with Gasteiger partial charge in [-0.3, -0.25) is 9.59 Å². The highest BCUT2D eigenvalue weighted by atomic mass is 16.2. The SMILES string of the molecule is CC.CCNC(=O)c1ccc2c(c1)CC[C@H](C)N2C(C)=O.Cc1cnc(N)nc1. The Kier molecular flexibility index (Phi) is 9.79. The van der Waals surface area contributed by atoms with E-state index in [4.69, 9.17) is 5.73 Å². The fourth-order valence-electron chi connectivity index (χ4n) is 3.04. The van der Waals surface area contributed by atoms with Crippen LogP contribution in [-0.4, -0.2) is 34.4 Å². The summed E-state index contributed by atoms with van der Waals surface area (Å²) in [6, 6.07) is 5.80. The number of aromatic nitrogens is 2. The zero-order chi connectivity index (χ0) is 22.0. The van der Waals surface area contributed by atoms with E-state index < -0.39 is 0 Å². The van der Waals surface area contributed by atoms with E-state index in [1.54, 1.807) is 25.4 Å². The van der Waals surface area contributed by atoms with Crippen LogP contribution in [0.15, 0.2) is 30.6 Å². The third-order valence-corrected chi connectivity index (χ3v) is 4.35. The van der Waals surface area contributed by atoms with Crippen LogP contribution in [0.2, 0.25) is 0 Å². The van der Waals surface area contributed by atoms with E-state index in [1.165, 1.54) is 0 Å². The van der Waals surface area contributed by atoms with Crippen LogP contribution in [0.3, 0.4) is 0 Å². The Morgan fingerprint density at radius 2 is 1.86 bits per heavy atom. The second-order valence-electron chi connectivity index (χ2n) is 6.60. The molecule has 1 aromatic carbocycles. The Balaban J connectivity index is 0.000000351. The molecule has 2 amide bonds. The molecule has 0 bridgehead atoms. The van der Waals surface area contributed by atoms with Crippen molar-refractivity contribution in [3.63, 3.8) is 0 Å². The first-order chi connectivity index (χ1) is 13.8. The topological polar surface area (TPSA) is 101 Å². The summed E-state index contributed by atoms with van der Waals surface area (Å²) in [5, 5.41) is 2.79. The first-order valence-electron chi connectivity index (χ1n) is 10.1. The smallest absolute Gasteiger partial charge is 0.251 e. The molecule has 1 atom stereocenters. The number of nitrogens with one attached hydrogen (secondary N) is 1. The number of hydrogen-bond acceptors (Lipinski definition) is 5. The summed E-state index contributed by atoms with van der Waals surface area (Å²) in [5.74, 6) is 0.327. The summed E-state index contributed by atoms with van der Waals surface area (Å²) in [6.07, 6.45) is 5.21. The molecule has 0 aliphatic carbocycles. The molecule has 158 valence electrons. The zero-order valence-corrected chi connectivity index (χ0v) is 18.3. The van der Waals surface area contributed by atoms with Gasteiger partial charge in [0.1, 0.15) is 0 Å². The van der Waals surface area contributed by atoms with Crippen LogP contribution in [0, 0.1) is 6.92 Å². The number of amides is 2. The van der Waals surface area contributed by atoms with Crippen LogP contribution in [0.25, 0.3) is 0 Å². The van der Waals surface area contributed by atoms with Crippen LogP contribution in [0.4, 0.5) is 11.6 Å². The van der Waals surface area contributed by atoms with Crippen molar-refractivity contribution in [3.05, 3.63) is 47.3 Å². The number of nitrogens with zero attached hydrogens (tertiary/aromatic N) is 3. The van der Waals surface area contributed by atoms with Crippen molar-refractivity contribution < 1.29 is 9.59 Å². The van der Waals surface area contributed by atoms with Crippen molar-refractivity contribution >= 4 is 23.5 Å². The van der Waals surface area contributed by atoms with Gasteiger partial charge in [-0.1, -0.05) is 13.8 Å². The Morgan fingerprint density at radius 3 is 2.38 bits per heavy atom. The number of hydrogen-bond donors (Lipinski definition) is 2. The molecule has 7 heteroatoms. The van der Waals surface area contributed by atoms with Crippen LogP contribution < -0.4 is 16.0 Å². The van der Waals surface area contributed by atoms with Crippen molar-refractivity contribution in [2.45, 2.75) is 60.4 Å². The van der Waals surface area contributed by atoms with E-state index in [0.29, 0.717) is 18.1 Å². The quantitative estimate of drug-likeness (QED) is 0.804. The maximum Gasteiger partial charge on any atom is 0.251 e. The average molecular weight is 400 g/mol. The number of fused-ring (bicyclic) bond motifs is 1. The van der Waals surface area contributed by atoms with E-state index in [9.17, 15) is 9.59 Å². The van der Waals surface area contributed by atoms with E-state index in [2.05, 4.69) is 22.2 Å². The predicted octanol–water partition coefficient (Wildman–Crippen LogP) is 3.52. The maximum absolute atomic E-state index is 11.8. The molecule has 3 rings (SSSR count). The van der Waals surface area contributed by atoms with Gasteiger partial charge in [-0.15, -0.1) is 0 Å². The molecule has 1 aliphatic heterocycles. The van der Waals surface area contributed by atoms with Gasteiger partial charge in [0.25, 0.3) is 5.91 Å². The molecule has 7 nitrogen and oxygen atoms in total. The fourth-order valence-corrected chi connectivity index (χ4v) is 3.04. The van der Waals surface area contributed by atoms with Gasteiger partial charge >= 0.3 is 0 Å². The molecular weight excluding hydrogens is 366 g/mol. The maximum atomic E-state index is 11.8. The van der Waals surface area contributed by atoms with Gasteiger partial charge in [0, 0.05) is 43.2 Å². The molecule has 0 saturated heterocycles. The number of carbonyl (C=O) groups is 2. The van der Waals surface area contributed by atoms with E-state index in [0.717, 1.165) is 29.7 Å². The van der Waals surface area contributed by atoms with Gasteiger partial charge < -0.3 is 16.0 Å². The van der Waals surface area contributed by atoms with Crippen molar-refractivity contribution in [3.8, 4) is 0 Å². The second-order valence-corrected chi connectivity index (χ2v) is 6.60. The number of anilines is 2. The second kappa shape index (κ2) is 11.8. The summed E-state index contributed by atoms with van der Waals surface area (Å²) in [4.78, 5) is 32.9. The van der Waals surface area contributed by atoms with Gasteiger partial charge in [0.05, 0.1) is 0 Å². The van der Waals surface area contributed by atoms with Gasteiger partial charge in [-0.05, 0) is 62.9 Å². The summed E-state index contributed by atoms with van der Waals surface area (Å²) in [6.45, 7) is 12.1. The van der Waals surface area contributed by atoms with Crippen molar-refractivity contribution in [2.24, 2.45) is 0 Å². The van der Waals surface area contributed by atoms with E-state index in [1.807, 2.05) is 44.7 Å². The zero-order valence-electron chi connectivity index (χ0n) is 18.3. The average Bonchev–Trinajstić information content (AvgIpc) is 2.71. The molecule has 2 heterocycles. The number of aryl methyl sites for hydroxylation is 2. The Hall–Kier alpha value is -2.96. The molecule has 0 fully saturated rings. The summed E-state index contributed by atoms with van der Waals surface area (Å²) < 4.78 is 0. The largest absolute Gasteiger partial charge is 0.368 e. The fraction of sp³-hybridized carbons (Fsp3) is 0.455. The van der Waals surface area contributed by atoms with Gasteiger partial charge in [-0.25, -0.2) is 9.97 Å². The van der Waals surface area contributed by atoms with Crippen LogP contribution in [0.1, 0.15) is 62.5 Å². The third kappa shape index (κ3) is 6.85. The van der Waals surface area contributed by atoms with Crippen LogP contribution in [0.5, 0.6) is 0 Å². The minimum absolute atomic E-state index is 0.0548. The highest BCUT2D eigenvalue weighted by Gasteiger charge is 2.26. The Labute approximate surface area is 173 Å². The standard InChI is InChI=1S/C15H20N2O2.C5H7N3.C2H6/c1-4-16-15(19)13-7-8-14-12(9-13)6-5-10(2)17(14)11(3)18;1-4-2-7-5(6)8-3-4;1-2/h7-10H,4-6H2,1-3H3,(H,16,19);2-3H,1H3,(H2,6,7,8);1-2H3/t10-;;/m0../s1. The molecule has 1 aliphatic rings. The number of benzene rings is 1. The van der Waals surface area contributed by atoms with E-state index >= 15 is 0 Å². The Bertz CT molecular complexity index is 784. The lowest BCUT2D eigenvalue weighted by Gasteiger charge is -2.34. The van der Waals surface area contributed by atoms with Crippen molar-refractivity contribution in [1.82, 2.24) is 15.3 Å². The summed E-state index contributed by atoms with van der Waals surface area (Å²) >= 11 is 0. The number of carbonyl (C=O) groups excluding carboxylic acids is 2. The van der Waals surface area contributed by atoms with Crippen molar-refractivity contribution in [2.75, 3.05) is 17.2 Å². The number of rotatable bonds is 2. The minimum Gasteiger partial charge on any atom is -0.368 e. The van der Waals surface area contributed by atoms with Gasteiger partial charge in [0.15, 0.2) is 0 Å². The van der Waals surface area contributed by atoms with Gasteiger partial charge in [0.2, 0.25) is 11.9 Å². The lowest BCUT2D eigenvalue weighted by atomic mass is 9.94. The molecule has 3 N–H and O–H groups in total. The van der Waals surface area contributed by atoms with Crippen LogP contribution >= 0.6 is 0 Å². The lowest BCUT2D eigenvalue weighted by Crippen LogP contribution is -2.40. The lowest BCUT2D eigenvalue weighted by molar-refractivity contribution is -0.117. The Morgan fingerprint density at radius 1 is 1.24 bits per heavy atom. The molecule has 1 aromatic heterocycles. The van der Waals surface area contributed by atoms with E-state index in [-0.39, 0.29) is 17.9 Å². The molecule has 2 aromatic rings. The molecule has 29 heavy (non-hydrogen) atoms. The highest BCUT2D eigenvalue weighted by molar-refractivity contribution is 5.97. The molecule has 0 unspecified atom stereocenters. The van der Waals surface area contributed by atoms with Gasteiger partial charge in [-0.2, -0.15) is 0 Å². The highest BCUT2D eigenvalue weighted by Crippen LogP contribution is 2.31. The molecule has 0 saturated carbocycles. The molecule has 0 radical (unpaired) electrons. The summed E-state index contributed by atoms with van der Waals surface area (Å²) in [7, 11) is 0. The third-order valence-electron chi connectivity index (χ3n) is 4.35. The summed E-state index contributed by atoms with van der Waals surface area (Å²) in [5.41, 5.74) is 8.92. The number of nitrogens with two attached hydrogens (primary N) is 1. The van der Waals surface area contributed by atoms with Crippen molar-refractivity contribution in [1.29, 1.82) is 0 Å². The first-order valence-corrected chi connectivity index (χ1v) is 10.1. The molecular formula is C22H33N5O2.